The number of methoxy groups -OCH3 is 1. The van der Waals surface area contributed by atoms with Crippen LogP contribution in [0.25, 0.3) is 10.8 Å². The van der Waals surface area contributed by atoms with Crippen LogP contribution in [0.15, 0.2) is 36.4 Å². The maximum Gasteiger partial charge on any atom is 0.318 e. The first-order chi connectivity index (χ1) is 22.9. The standard InChI is InChI=1S/C36H46N8O3/c1-25-7-4-8-26-9-5-11-31(33(25)26)41-16-13-29-30(22-41)38-36(47-24-28-10-6-15-40(28)2)39-34(29)43-17-18-44(27(21-43)12-14-37)35(45)32-23-42(32)19-20-46-3/h4-5,7-9,11,27-28,32H,6,10,12-13,15-24H2,1-3H3/t27-,28-,32?,42?/m0/s1. The van der Waals surface area contributed by atoms with Crippen LogP contribution in [0.3, 0.4) is 0 Å². The van der Waals surface area contributed by atoms with Gasteiger partial charge in [0.05, 0.1) is 37.4 Å². The molecule has 47 heavy (non-hydrogen) atoms. The van der Waals surface area contributed by atoms with E-state index < -0.39 is 0 Å². The predicted molar refractivity (Wildman–Crippen MR) is 182 cm³/mol. The van der Waals surface area contributed by atoms with Gasteiger partial charge in [-0.15, -0.1) is 0 Å². The zero-order valence-electron chi connectivity index (χ0n) is 27.9. The molecule has 11 heteroatoms. The minimum Gasteiger partial charge on any atom is -0.462 e. The number of amides is 1. The average molecular weight is 639 g/mol. The summed E-state index contributed by atoms with van der Waals surface area (Å²) >= 11 is 0. The second kappa shape index (κ2) is 13.6. The molecule has 7 rings (SSSR count). The normalized spacial score (nSPS) is 24.3. The van der Waals surface area contributed by atoms with E-state index in [4.69, 9.17) is 19.4 Å². The topological polar surface area (TPSA) is 101 Å². The molecule has 4 aliphatic heterocycles. The Kier molecular flexibility index (Phi) is 9.17. The number of likely N-dealkylation sites (tertiary alicyclic amines) is 1. The molecule has 4 atom stereocenters. The Labute approximate surface area is 277 Å². The number of aromatic nitrogens is 2. The van der Waals surface area contributed by atoms with Crippen molar-refractivity contribution in [2.24, 2.45) is 0 Å². The number of ether oxygens (including phenoxy) is 2. The van der Waals surface area contributed by atoms with Crippen LogP contribution in [0.5, 0.6) is 6.01 Å². The highest BCUT2D eigenvalue weighted by Gasteiger charge is 2.45. The molecule has 0 saturated carbocycles. The number of likely N-dealkylation sites (N-methyl/N-ethyl adjacent to an activating group) is 1. The number of aryl methyl sites for hydroxylation is 1. The lowest BCUT2D eigenvalue weighted by atomic mass is 9.99. The monoisotopic (exact) mass is 638 g/mol. The Morgan fingerprint density at radius 1 is 1.04 bits per heavy atom. The molecule has 0 aliphatic carbocycles. The number of carbonyl (C=O) groups is 1. The zero-order valence-corrected chi connectivity index (χ0v) is 27.9. The van der Waals surface area contributed by atoms with Crippen LogP contribution in [0, 0.1) is 18.3 Å². The van der Waals surface area contributed by atoms with Gasteiger partial charge in [0.1, 0.15) is 18.5 Å². The Morgan fingerprint density at radius 2 is 1.89 bits per heavy atom. The van der Waals surface area contributed by atoms with Gasteiger partial charge in [0.2, 0.25) is 5.91 Å². The number of rotatable bonds is 10. The van der Waals surface area contributed by atoms with E-state index in [0.29, 0.717) is 51.4 Å². The van der Waals surface area contributed by atoms with E-state index in [-0.39, 0.29) is 24.4 Å². The quantitative estimate of drug-likeness (QED) is 0.308. The van der Waals surface area contributed by atoms with Crippen LogP contribution in [0.2, 0.25) is 0 Å². The van der Waals surface area contributed by atoms with E-state index in [1.807, 2.05) is 4.90 Å². The number of hydrogen-bond acceptors (Lipinski definition) is 10. The third kappa shape index (κ3) is 6.47. The van der Waals surface area contributed by atoms with Crippen LogP contribution in [-0.2, 0) is 22.5 Å². The Balaban J connectivity index is 1.16. The summed E-state index contributed by atoms with van der Waals surface area (Å²) in [4.78, 5) is 34.8. The average Bonchev–Trinajstić information content (AvgIpc) is 3.76. The van der Waals surface area contributed by atoms with Crippen LogP contribution >= 0.6 is 0 Å². The Hall–Kier alpha value is -3.98. The third-order valence-corrected chi connectivity index (χ3v) is 10.5. The summed E-state index contributed by atoms with van der Waals surface area (Å²) < 4.78 is 11.6. The number of nitriles is 1. The fraction of sp³-hybridized carbons (Fsp3) is 0.556. The van der Waals surface area contributed by atoms with Crippen molar-refractivity contribution < 1.29 is 14.3 Å². The first-order valence-electron chi connectivity index (χ1n) is 17.1. The van der Waals surface area contributed by atoms with E-state index in [1.165, 1.54) is 28.4 Å². The highest BCUT2D eigenvalue weighted by atomic mass is 16.5. The van der Waals surface area contributed by atoms with E-state index in [0.717, 1.165) is 56.1 Å². The number of piperazine rings is 1. The molecule has 1 aromatic heterocycles. The number of carbonyl (C=O) groups excluding carboxylic acids is 1. The van der Waals surface area contributed by atoms with E-state index >= 15 is 0 Å². The third-order valence-electron chi connectivity index (χ3n) is 10.5. The lowest BCUT2D eigenvalue weighted by molar-refractivity contribution is -0.134. The molecule has 0 bridgehead atoms. The van der Waals surface area contributed by atoms with Crippen LogP contribution < -0.4 is 14.5 Å². The lowest BCUT2D eigenvalue weighted by Crippen LogP contribution is -2.57. The summed E-state index contributed by atoms with van der Waals surface area (Å²) in [5.74, 6) is 1.01. The van der Waals surface area contributed by atoms with Crippen LogP contribution in [0.1, 0.15) is 36.1 Å². The first-order valence-corrected chi connectivity index (χ1v) is 17.1. The highest BCUT2D eigenvalue weighted by Crippen LogP contribution is 2.36. The van der Waals surface area contributed by atoms with Crippen molar-refractivity contribution in [1.82, 2.24) is 24.7 Å². The lowest BCUT2D eigenvalue weighted by Gasteiger charge is -2.42. The molecule has 1 amide bonds. The molecule has 248 valence electrons. The molecule has 0 spiro atoms. The number of nitrogens with zero attached hydrogens (tertiary/aromatic N) is 8. The minimum absolute atomic E-state index is 0.109. The molecule has 2 unspecified atom stereocenters. The summed E-state index contributed by atoms with van der Waals surface area (Å²) in [5.41, 5.74) is 4.62. The summed E-state index contributed by atoms with van der Waals surface area (Å²) in [6.45, 7) is 9.21. The highest BCUT2D eigenvalue weighted by molar-refractivity contribution is 5.97. The van der Waals surface area contributed by atoms with Crippen molar-refractivity contribution in [2.75, 3.05) is 83.0 Å². The number of benzene rings is 2. The summed E-state index contributed by atoms with van der Waals surface area (Å²) in [6.07, 6.45) is 3.37. The number of anilines is 2. The van der Waals surface area contributed by atoms with Crippen molar-refractivity contribution >= 4 is 28.2 Å². The Bertz CT molecular complexity index is 1650. The summed E-state index contributed by atoms with van der Waals surface area (Å²) in [5, 5.41) is 12.3. The molecule has 3 fully saturated rings. The van der Waals surface area contributed by atoms with Crippen LogP contribution in [0.4, 0.5) is 11.5 Å². The van der Waals surface area contributed by atoms with Gasteiger partial charge in [0.25, 0.3) is 0 Å². The van der Waals surface area contributed by atoms with Crippen molar-refractivity contribution in [3.05, 3.63) is 53.2 Å². The van der Waals surface area contributed by atoms with Gasteiger partial charge in [-0.1, -0.05) is 30.3 Å². The smallest absolute Gasteiger partial charge is 0.318 e. The van der Waals surface area contributed by atoms with Gasteiger partial charge in [0, 0.05) is 69.1 Å². The van der Waals surface area contributed by atoms with Crippen molar-refractivity contribution in [2.45, 2.75) is 57.3 Å². The molecular formula is C36H46N8O3. The molecule has 11 nitrogen and oxygen atoms in total. The van der Waals surface area contributed by atoms with Crippen molar-refractivity contribution in [3.8, 4) is 12.1 Å². The SMILES string of the molecule is COCCN1CC1C(=O)N1CCN(c2nc(OC[C@@H]3CCCN3C)nc3c2CCN(c2cccc4cccc(C)c24)C3)C[C@@H]1CC#N. The van der Waals surface area contributed by atoms with E-state index in [9.17, 15) is 10.1 Å². The predicted octanol–water partition coefficient (Wildman–Crippen LogP) is 3.24. The summed E-state index contributed by atoms with van der Waals surface area (Å²) in [7, 11) is 3.83. The van der Waals surface area contributed by atoms with Crippen molar-refractivity contribution in [1.29, 1.82) is 5.26 Å². The maximum absolute atomic E-state index is 13.5. The van der Waals surface area contributed by atoms with E-state index in [2.05, 4.69) is 76.0 Å². The van der Waals surface area contributed by atoms with Crippen molar-refractivity contribution in [3.63, 3.8) is 0 Å². The second-order valence-electron chi connectivity index (χ2n) is 13.5. The molecule has 0 radical (unpaired) electrons. The Morgan fingerprint density at radius 3 is 2.68 bits per heavy atom. The number of hydrogen-bond donors (Lipinski definition) is 0. The van der Waals surface area contributed by atoms with Crippen LogP contribution in [-0.4, -0.2) is 122 Å². The molecule has 0 N–H and O–H groups in total. The van der Waals surface area contributed by atoms with Gasteiger partial charge in [-0.25, -0.2) is 0 Å². The second-order valence-corrected chi connectivity index (χ2v) is 13.5. The molecule has 3 aromatic rings. The maximum atomic E-state index is 13.5. The zero-order chi connectivity index (χ0) is 32.5. The molecular weight excluding hydrogens is 592 g/mol. The van der Waals surface area contributed by atoms with Gasteiger partial charge in [0.15, 0.2) is 0 Å². The van der Waals surface area contributed by atoms with Gasteiger partial charge >= 0.3 is 6.01 Å². The largest absolute Gasteiger partial charge is 0.462 e. The fourth-order valence-corrected chi connectivity index (χ4v) is 7.72. The first kappa shape index (κ1) is 31.6. The van der Waals surface area contributed by atoms with Gasteiger partial charge in [-0.2, -0.15) is 15.2 Å². The fourth-order valence-electron chi connectivity index (χ4n) is 7.72. The molecule has 3 saturated heterocycles. The molecule has 2 aromatic carbocycles. The van der Waals surface area contributed by atoms with Gasteiger partial charge in [-0.05, 0) is 56.8 Å². The van der Waals surface area contributed by atoms with E-state index in [1.54, 1.807) is 7.11 Å². The van der Waals surface area contributed by atoms with Gasteiger partial charge in [-0.3, -0.25) is 9.69 Å². The molecule has 5 heterocycles. The van der Waals surface area contributed by atoms with Gasteiger partial charge < -0.3 is 29.1 Å². The molecule has 4 aliphatic rings. The summed E-state index contributed by atoms with van der Waals surface area (Å²) in [6, 6.07) is 15.8. The number of fused-ring (bicyclic) bond motifs is 2. The minimum atomic E-state index is -0.202.